The molecule has 0 aromatic heterocycles. The summed E-state index contributed by atoms with van der Waals surface area (Å²) < 4.78 is 0. The molecule has 0 amide bonds. The highest BCUT2D eigenvalue weighted by Gasteiger charge is 2.12. The second-order valence-corrected chi connectivity index (χ2v) is 31.6. The molecule has 89 heavy (non-hydrogen) atoms. The summed E-state index contributed by atoms with van der Waals surface area (Å²) in [6.07, 6.45) is 130. The summed E-state index contributed by atoms with van der Waals surface area (Å²) in [6.45, 7) is 2.32. The van der Waals surface area contributed by atoms with Crippen molar-refractivity contribution in [2.45, 2.75) is 566 Å². The van der Waals surface area contributed by atoms with Crippen LogP contribution in [0.4, 0.5) is 0 Å². The van der Waals surface area contributed by atoms with Crippen molar-refractivity contribution in [1.29, 1.82) is 0 Å². The average Bonchev–Trinajstić information content (AvgIpc) is 3.55. The van der Waals surface area contributed by atoms with Crippen LogP contribution in [-0.4, -0.2) is 0 Å². The lowest BCUT2D eigenvalue weighted by molar-refractivity contribution is 0.328. The SMILES string of the molecule is CCCCCCCCCCCCCCCCCCCCCCCCCCCCCCCCCCCCCCCCCCCCCCCCCCCCCCCCCCCCCCCCCCCCCCCCCCCCCCCCCCCC1CCCCC1. The summed E-state index contributed by atoms with van der Waals surface area (Å²) in [7, 11) is 0. The molecule has 1 aliphatic carbocycles. The molecule has 0 radical (unpaired) electrons. The standard InChI is InChI=1S/C89H178/c1-2-3-4-5-6-7-8-9-10-11-12-13-14-15-16-17-18-19-20-21-22-23-24-25-26-27-28-29-30-31-32-33-34-35-36-37-38-39-40-41-42-43-44-45-46-47-48-49-50-51-52-53-54-55-56-57-58-59-60-61-62-63-64-65-66-67-68-69-70-71-72-73-74-75-76-77-78-79-80-81-83-86-89-87-84-82-85-88-89/h89H,2-88H2,1H3. The van der Waals surface area contributed by atoms with Crippen molar-refractivity contribution in [3.8, 4) is 0 Å². The highest BCUT2D eigenvalue weighted by atomic mass is 14.2. The molecule has 0 heterocycles. The first kappa shape index (κ1) is 87.0. The van der Waals surface area contributed by atoms with Gasteiger partial charge in [-0.2, -0.15) is 0 Å². The fraction of sp³-hybridized carbons (Fsp3) is 1.00. The van der Waals surface area contributed by atoms with Crippen LogP contribution in [0.15, 0.2) is 0 Å². The summed E-state index contributed by atoms with van der Waals surface area (Å²) in [4.78, 5) is 0. The third kappa shape index (κ3) is 78.6. The first-order valence-corrected chi connectivity index (χ1v) is 44.4. The topological polar surface area (TPSA) is 0 Å². The summed E-state index contributed by atoms with van der Waals surface area (Å²) >= 11 is 0. The molecule has 0 bridgehead atoms. The lowest BCUT2D eigenvalue weighted by atomic mass is 9.85. The van der Waals surface area contributed by atoms with Gasteiger partial charge < -0.3 is 0 Å². The van der Waals surface area contributed by atoms with Gasteiger partial charge in [0.25, 0.3) is 0 Å². The Morgan fingerprint density at radius 3 is 0.337 bits per heavy atom. The molecule has 1 fully saturated rings. The molecule has 0 heteroatoms. The Balaban J connectivity index is 1.58. The normalized spacial score (nSPS) is 13.0. The van der Waals surface area contributed by atoms with Crippen molar-refractivity contribution in [3.05, 3.63) is 0 Å². The van der Waals surface area contributed by atoms with Crippen molar-refractivity contribution < 1.29 is 0 Å². The van der Waals surface area contributed by atoms with Crippen molar-refractivity contribution in [3.63, 3.8) is 0 Å². The van der Waals surface area contributed by atoms with Gasteiger partial charge in [0.05, 0.1) is 0 Å². The largest absolute Gasteiger partial charge is 0.0654 e. The summed E-state index contributed by atoms with van der Waals surface area (Å²) in [6, 6.07) is 0. The van der Waals surface area contributed by atoms with Gasteiger partial charge in [0.1, 0.15) is 0 Å². The van der Waals surface area contributed by atoms with Crippen LogP contribution in [0, 0.1) is 5.92 Å². The maximum atomic E-state index is 2.32. The van der Waals surface area contributed by atoms with Crippen LogP contribution in [0.5, 0.6) is 0 Å². The van der Waals surface area contributed by atoms with Gasteiger partial charge in [0, 0.05) is 0 Å². The predicted octanol–water partition coefficient (Wildman–Crippen LogP) is 34.6. The van der Waals surface area contributed by atoms with E-state index < -0.39 is 0 Å². The molecule has 0 spiro atoms. The van der Waals surface area contributed by atoms with Crippen molar-refractivity contribution in [2.75, 3.05) is 0 Å². The van der Waals surface area contributed by atoms with Crippen LogP contribution < -0.4 is 0 Å². The molecule has 0 saturated heterocycles. The van der Waals surface area contributed by atoms with Crippen molar-refractivity contribution in [2.24, 2.45) is 5.92 Å². The highest BCUT2D eigenvalue weighted by Crippen LogP contribution is 2.29. The minimum atomic E-state index is 1.10. The molecule has 0 nitrogen and oxygen atoms in total. The van der Waals surface area contributed by atoms with Crippen LogP contribution in [-0.2, 0) is 0 Å². The van der Waals surface area contributed by atoms with E-state index in [-0.39, 0.29) is 0 Å². The second kappa shape index (κ2) is 82.2. The minimum Gasteiger partial charge on any atom is -0.0654 e. The fourth-order valence-electron chi connectivity index (χ4n) is 15.9. The van der Waals surface area contributed by atoms with E-state index in [1.54, 1.807) is 19.3 Å². The average molecular weight is 1250 g/mol. The Kier molecular flexibility index (Phi) is 80.4. The molecule has 0 N–H and O–H groups in total. The highest BCUT2D eigenvalue weighted by molar-refractivity contribution is 4.66. The number of rotatable bonds is 82. The summed E-state index contributed by atoms with van der Waals surface area (Å²) in [5, 5.41) is 0. The molecule has 1 aliphatic rings. The number of hydrogen-bond acceptors (Lipinski definition) is 0. The molecule has 0 aromatic carbocycles. The van der Waals surface area contributed by atoms with Gasteiger partial charge >= 0.3 is 0 Å². The van der Waals surface area contributed by atoms with Crippen LogP contribution in [0.25, 0.3) is 0 Å². The van der Waals surface area contributed by atoms with E-state index in [0.29, 0.717) is 0 Å². The van der Waals surface area contributed by atoms with E-state index in [1.165, 1.54) is 539 Å². The molecular weight excluding hydrogens is 1070 g/mol. The first-order chi connectivity index (χ1) is 44.4. The summed E-state index contributed by atoms with van der Waals surface area (Å²) in [5.74, 6) is 1.10. The zero-order valence-electron chi connectivity index (χ0n) is 63.1. The van der Waals surface area contributed by atoms with E-state index in [9.17, 15) is 0 Å². The van der Waals surface area contributed by atoms with Gasteiger partial charge in [-0.1, -0.05) is 566 Å². The predicted molar refractivity (Wildman–Crippen MR) is 411 cm³/mol. The summed E-state index contributed by atoms with van der Waals surface area (Å²) in [5.41, 5.74) is 0. The zero-order chi connectivity index (χ0) is 63.1. The maximum Gasteiger partial charge on any atom is -0.0414 e. The molecular formula is C89H178. The Hall–Kier alpha value is 0. The first-order valence-electron chi connectivity index (χ1n) is 44.4. The number of hydrogen-bond donors (Lipinski definition) is 0. The quantitative estimate of drug-likeness (QED) is 0.0533. The fourth-order valence-corrected chi connectivity index (χ4v) is 15.9. The molecule has 0 aromatic rings. The molecule has 1 saturated carbocycles. The van der Waals surface area contributed by atoms with Gasteiger partial charge in [-0.05, 0) is 5.92 Å². The lowest BCUT2D eigenvalue weighted by Gasteiger charge is -2.21. The van der Waals surface area contributed by atoms with Gasteiger partial charge in [-0.3, -0.25) is 0 Å². The molecule has 0 atom stereocenters. The van der Waals surface area contributed by atoms with Crippen molar-refractivity contribution in [1.82, 2.24) is 0 Å². The van der Waals surface area contributed by atoms with Gasteiger partial charge in [-0.15, -0.1) is 0 Å². The van der Waals surface area contributed by atoms with Crippen molar-refractivity contribution >= 4 is 0 Å². The smallest absolute Gasteiger partial charge is 0.0414 e. The Morgan fingerprint density at radius 2 is 0.225 bits per heavy atom. The van der Waals surface area contributed by atoms with Gasteiger partial charge in [0.2, 0.25) is 0 Å². The van der Waals surface area contributed by atoms with E-state index in [1.807, 2.05) is 0 Å². The Morgan fingerprint density at radius 1 is 0.124 bits per heavy atom. The molecule has 0 aliphatic heterocycles. The third-order valence-electron chi connectivity index (χ3n) is 22.4. The lowest BCUT2D eigenvalue weighted by Crippen LogP contribution is -2.05. The van der Waals surface area contributed by atoms with E-state index in [2.05, 4.69) is 6.92 Å². The Labute approximate surface area is 568 Å². The maximum absolute atomic E-state index is 2.32. The monoisotopic (exact) mass is 1250 g/mol. The van der Waals surface area contributed by atoms with E-state index in [0.717, 1.165) is 5.92 Å². The van der Waals surface area contributed by atoms with E-state index >= 15 is 0 Å². The zero-order valence-corrected chi connectivity index (χ0v) is 63.1. The van der Waals surface area contributed by atoms with Crippen LogP contribution in [0.3, 0.4) is 0 Å². The second-order valence-electron chi connectivity index (χ2n) is 31.6. The van der Waals surface area contributed by atoms with Gasteiger partial charge in [-0.25, -0.2) is 0 Å². The van der Waals surface area contributed by atoms with Gasteiger partial charge in [0.15, 0.2) is 0 Å². The number of unbranched alkanes of at least 4 members (excludes halogenated alkanes) is 80. The van der Waals surface area contributed by atoms with E-state index in [4.69, 9.17) is 0 Å². The minimum absolute atomic E-state index is 1.10. The van der Waals surface area contributed by atoms with Crippen LogP contribution in [0.2, 0.25) is 0 Å². The molecule has 0 unspecified atom stereocenters. The molecule has 534 valence electrons. The van der Waals surface area contributed by atoms with Crippen LogP contribution in [0.1, 0.15) is 566 Å². The molecule has 1 rings (SSSR count). The van der Waals surface area contributed by atoms with Crippen LogP contribution >= 0.6 is 0 Å². The third-order valence-corrected chi connectivity index (χ3v) is 22.4. The Bertz CT molecular complexity index is 1160.